The Hall–Kier alpha value is -0.120. The molecule has 88 valence electrons. The SMILES string of the molecule is CCC1OCCC1CN1CCC(CO)C1. The molecule has 2 rings (SSSR count). The van der Waals surface area contributed by atoms with Crippen LogP contribution in [-0.4, -0.2) is 49.0 Å². The third kappa shape index (κ3) is 2.71. The second-order valence-corrected chi connectivity index (χ2v) is 4.96. The Balaban J connectivity index is 1.77. The number of aliphatic hydroxyl groups excluding tert-OH is 1. The average Bonchev–Trinajstić information content (AvgIpc) is 2.87. The van der Waals surface area contributed by atoms with E-state index in [0.717, 1.165) is 32.0 Å². The fourth-order valence-electron chi connectivity index (χ4n) is 2.91. The van der Waals surface area contributed by atoms with Crippen LogP contribution in [0.1, 0.15) is 26.2 Å². The van der Waals surface area contributed by atoms with E-state index in [1.54, 1.807) is 0 Å². The minimum atomic E-state index is 0.356. The summed E-state index contributed by atoms with van der Waals surface area (Å²) in [5.41, 5.74) is 0. The molecule has 0 saturated carbocycles. The second kappa shape index (κ2) is 5.28. The van der Waals surface area contributed by atoms with Crippen molar-refractivity contribution in [3.63, 3.8) is 0 Å². The Morgan fingerprint density at radius 1 is 1.40 bits per heavy atom. The number of hydrogen-bond donors (Lipinski definition) is 1. The van der Waals surface area contributed by atoms with Crippen molar-refractivity contribution in [2.45, 2.75) is 32.3 Å². The normalized spacial score (nSPS) is 37.6. The molecule has 0 aliphatic carbocycles. The van der Waals surface area contributed by atoms with Crippen molar-refractivity contribution in [2.24, 2.45) is 11.8 Å². The van der Waals surface area contributed by atoms with Crippen molar-refractivity contribution < 1.29 is 9.84 Å². The van der Waals surface area contributed by atoms with Gasteiger partial charge in [-0.05, 0) is 37.6 Å². The van der Waals surface area contributed by atoms with Crippen LogP contribution in [0.4, 0.5) is 0 Å². The van der Waals surface area contributed by atoms with Crippen molar-refractivity contribution >= 4 is 0 Å². The van der Waals surface area contributed by atoms with Gasteiger partial charge in [-0.3, -0.25) is 0 Å². The van der Waals surface area contributed by atoms with Gasteiger partial charge in [-0.2, -0.15) is 0 Å². The molecule has 0 aromatic heterocycles. The summed E-state index contributed by atoms with van der Waals surface area (Å²) in [5, 5.41) is 9.09. The van der Waals surface area contributed by atoms with Crippen LogP contribution in [0.25, 0.3) is 0 Å². The molecule has 3 nitrogen and oxygen atoms in total. The first-order chi connectivity index (χ1) is 7.33. The van der Waals surface area contributed by atoms with E-state index in [-0.39, 0.29) is 0 Å². The number of aliphatic hydroxyl groups is 1. The van der Waals surface area contributed by atoms with Crippen LogP contribution in [0.2, 0.25) is 0 Å². The van der Waals surface area contributed by atoms with Crippen LogP contribution in [0, 0.1) is 11.8 Å². The van der Waals surface area contributed by atoms with Gasteiger partial charge in [-0.1, -0.05) is 6.92 Å². The highest BCUT2D eigenvalue weighted by Crippen LogP contribution is 2.26. The van der Waals surface area contributed by atoms with Gasteiger partial charge in [0.1, 0.15) is 0 Å². The third-order valence-corrected chi connectivity index (χ3v) is 3.87. The predicted octanol–water partition coefficient (Wildman–Crippen LogP) is 1.12. The van der Waals surface area contributed by atoms with E-state index in [1.165, 1.54) is 19.4 Å². The average molecular weight is 213 g/mol. The fraction of sp³-hybridized carbons (Fsp3) is 1.00. The molecule has 0 radical (unpaired) electrons. The van der Waals surface area contributed by atoms with Crippen LogP contribution >= 0.6 is 0 Å². The summed E-state index contributed by atoms with van der Waals surface area (Å²) in [4.78, 5) is 2.50. The van der Waals surface area contributed by atoms with Crippen LogP contribution in [0.5, 0.6) is 0 Å². The molecule has 0 spiro atoms. The van der Waals surface area contributed by atoms with Crippen molar-refractivity contribution in [2.75, 3.05) is 32.8 Å². The van der Waals surface area contributed by atoms with E-state index in [1.807, 2.05) is 0 Å². The molecule has 3 unspecified atom stereocenters. The van der Waals surface area contributed by atoms with E-state index in [2.05, 4.69) is 11.8 Å². The molecule has 2 heterocycles. The van der Waals surface area contributed by atoms with Gasteiger partial charge in [-0.25, -0.2) is 0 Å². The minimum Gasteiger partial charge on any atom is -0.396 e. The molecular weight excluding hydrogens is 190 g/mol. The van der Waals surface area contributed by atoms with Crippen LogP contribution in [0.15, 0.2) is 0 Å². The lowest BCUT2D eigenvalue weighted by Gasteiger charge is -2.23. The first kappa shape index (κ1) is 11.4. The van der Waals surface area contributed by atoms with E-state index in [4.69, 9.17) is 9.84 Å². The molecule has 15 heavy (non-hydrogen) atoms. The van der Waals surface area contributed by atoms with Gasteiger partial charge >= 0.3 is 0 Å². The molecule has 2 aliphatic heterocycles. The van der Waals surface area contributed by atoms with Gasteiger partial charge in [0.25, 0.3) is 0 Å². The van der Waals surface area contributed by atoms with Gasteiger partial charge in [0.05, 0.1) is 6.10 Å². The van der Waals surface area contributed by atoms with E-state index in [0.29, 0.717) is 18.6 Å². The fourth-order valence-corrected chi connectivity index (χ4v) is 2.91. The minimum absolute atomic E-state index is 0.356. The second-order valence-electron chi connectivity index (χ2n) is 4.96. The van der Waals surface area contributed by atoms with Gasteiger partial charge in [0, 0.05) is 26.3 Å². The maximum atomic E-state index is 9.09. The smallest absolute Gasteiger partial charge is 0.0613 e. The zero-order valence-corrected chi connectivity index (χ0v) is 9.69. The summed E-state index contributed by atoms with van der Waals surface area (Å²) in [6, 6.07) is 0. The zero-order valence-electron chi connectivity index (χ0n) is 9.69. The number of nitrogens with zero attached hydrogens (tertiary/aromatic N) is 1. The Bertz CT molecular complexity index is 198. The molecule has 0 aromatic carbocycles. The van der Waals surface area contributed by atoms with E-state index >= 15 is 0 Å². The predicted molar refractivity (Wildman–Crippen MR) is 59.8 cm³/mol. The Labute approximate surface area is 92.4 Å². The molecule has 2 saturated heterocycles. The molecule has 0 bridgehead atoms. The molecule has 1 N–H and O–H groups in total. The molecule has 2 fully saturated rings. The Morgan fingerprint density at radius 2 is 2.27 bits per heavy atom. The van der Waals surface area contributed by atoms with Crippen LogP contribution < -0.4 is 0 Å². The lowest BCUT2D eigenvalue weighted by Crippen LogP contribution is -2.31. The van der Waals surface area contributed by atoms with Crippen molar-refractivity contribution in [1.82, 2.24) is 4.90 Å². The highest BCUT2D eigenvalue weighted by molar-refractivity contribution is 4.82. The lowest BCUT2D eigenvalue weighted by atomic mass is 9.99. The maximum Gasteiger partial charge on any atom is 0.0613 e. The van der Waals surface area contributed by atoms with Crippen molar-refractivity contribution in [3.8, 4) is 0 Å². The highest BCUT2D eigenvalue weighted by atomic mass is 16.5. The highest BCUT2D eigenvalue weighted by Gasteiger charge is 2.30. The van der Waals surface area contributed by atoms with Crippen LogP contribution in [-0.2, 0) is 4.74 Å². The Kier molecular flexibility index (Phi) is 4.00. The summed E-state index contributed by atoms with van der Waals surface area (Å²) in [6.45, 7) is 6.94. The third-order valence-electron chi connectivity index (χ3n) is 3.87. The quantitative estimate of drug-likeness (QED) is 0.759. The zero-order chi connectivity index (χ0) is 10.7. The molecule has 2 aliphatic rings. The molecule has 0 aromatic rings. The lowest BCUT2D eigenvalue weighted by molar-refractivity contribution is 0.0774. The molecule has 3 atom stereocenters. The Morgan fingerprint density at radius 3 is 2.93 bits per heavy atom. The van der Waals surface area contributed by atoms with Gasteiger partial charge in [0.15, 0.2) is 0 Å². The van der Waals surface area contributed by atoms with E-state index in [9.17, 15) is 0 Å². The van der Waals surface area contributed by atoms with Crippen molar-refractivity contribution in [3.05, 3.63) is 0 Å². The van der Waals surface area contributed by atoms with E-state index < -0.39 is 0 Å². The van der Waals surface area contributed by atoms with Gasteiger partial charge in [0.2, 0.25) is 0 Å². The standard InChI is InChI=1S/C12H23NO2/c1-2-12-11(4-6-15-12)8-13-5-3-10(7-13)9-14/h10-12,14H,2-9H2,1H3. The first-order valence-corrected chi connectivity index (χ1v) is 6.28. The summed E-state index contributed by atoms with van der Waals surface area (Å²) in [7, 11) is 0. The van der Waals surface area contributed by atoms with Gasteiger partial charge in [-0.15, -0.1) is 0 Å². The van der Waals surface area contributed by atoms with Gasteiger partial charge < -0.3 is 14.7 Å². The van der Waals surface area contributed by atoms with Crippen molar-refractivity contribution in [1.29, 1.82) is 0 Å². The number of hydrogen-bond acceptors (Lipinski definition) is 3. The summed E-state index contributed by atoms with van der Waals surface area (Å²) in [6.07, 6.45) is 4.01. The molecule has 0 amide bonds. The maximum absolute atomic E-state index is 9.09. The molecular formula is C12H23NO2. The largest absolute Gasteiger partial charge is 0.396 e. The monoisotopic (exact) mass is 213 g/mol. The first-order valence-electron chi connectivity index (χ1n) is 6.28. The summed E-state index contributed by atoms with van der Waals surface area (Å²) < 4.78 is 5.70. The topological polar surface area (TPSA) is 32.7 Å². The van der Waals surface area contributed by atoms with Crippen LogP contribution in [0.3, 0.4) is 0 Å². The molecule has 3 heteroatoms. The number of rotatable bonds is 4. The summed E-state index contributed by atoms with van der Waals surface area (Å²) in [5.74, 6) is 1.25. The summed E-state index contributed by atoms with van der Waals surface area (Å²) >= 11 is 0. The number of likely N-dealkylation sites (tertiary alicyclic amines) is 1. The number of ether oxygens (including phenoxy) is 1.